The molecule has 2 amide bonds. The molecular weight excluding hydrogens is 410 g/mol. The number of hydrogen-bond acceptors (Lipinski definition) is 6. The molecule has 8 nitrogen and oxygen atoms in total. The van der Waals surface area contributed by atoms with Crippen LogP contribution in [0.1, 0.15) is 35.7 Å². The summed E-state index contributed by atoms with van der Waals surface area (Å²) in [5, 5.41) is 5.82. The highest BCUT2D eigenvalue weighted by Gasteiger charge is 2.27. The van der Waals surface area contributed by atoms with Gasteiger partial charge in [-0.05, 0) is 37.9 Å². The van der Waals surface area contributed by atoms with Crippen molar-refractivity contribution in [2.75, 3.05) is 31.7 Å². The maximum atomic E-state index is 12.7. The number of rotatable bonds is 7. The number of fused-ring (bicyclic) bond motifs is 1. The zero-order valence-corrected chi connectivity index (χ0v) is 18.1. The molecule has 0 saturated carbocycles. The molecule has 2 aliphatic rings. The van der Waals surface area contributed by atoms with Crippen LogP contribution in [0.5, 0.6) is 11.5 Å². The second kappa shape index (κ2) is 9.82. The van der Waals surface area contributed by atoms with Gasteiger partial charge < -0.3 is 20.1 Å². The van der Waals surface area contributed by atoms with Gasteiger partial charge in [-0.3, -0.25) is 19.3 Å². The number of Topliss-reactive ketones (excluding diaryl/α,β-unsaturated/α-hetero) is 1. The number of likely N-dealkylation sites (tertiary alicyclic amines) is 1. The standard InChI is InChI=1S/C24H27N3O5/c1-16(28)19-10-21-22(32-15-31-21)11-20(19)26-23(29)14-27-9-5-8-18(13-27)24(30)25-12-17-6-3-2-4-7-17/h2-4,6-7,10-11,18H,5,8-9,12-15H2,1H3,(H,25,30)(H,26,29). The topological polar surface area (TPSA) is 97.0 Å². The Labute approximate surface area is 186 Å². The normalized spacial score (nSPS) is 17.6. The lowest BCUT2D eigenvalue weighted by Gasteiger charge is -2.31. The number of nitrogens with one attached hydrogen (secondary N) is 2. The fraction of sp³-hybridized carbons (Fsp3) is 0.375. The number of ketones is 1. The summed E-state index contributed by atoms with van der Waals surface area (Å²) in [5.41, 5.74) is 1.83. The van der Waals surface area contributed by atoms with E-state index in [2.05, 4.69) is 10.6 Å². The molecule has 1 fully saturated rings. The minimum absolute atomic E-state index is 0.00796. The number of nitrogens with zero attached hydrogens (tertiary/aromatic N) is 1. The van der Waals surface area contributed by atoms with Gasteiger partial charge in [0.2, 0.25) is 18.6 Å². The molecule has 168 valence electrons. The Morgan fingerprint density at radius 3 is 2.59 bits per heavy atom. The van der Waals surface area contributed by atoms with Crippen molar-refractivity contribution in [1.82, 2.24) is 10.2 Å². The number of ether oxygens (including phenoxy) is 2. The zero-order chi connectivity index (χ0) is 22.5. The van der Waals surface area contributed by atoms with E-state index in [0.717, 1.165) is 24.9 Å². The fourth-order valence-corrected chi connectivity index (χ4v) is 4.07. The van der Waals surface area contributed by atoms with Crippen LogP contribution < -0.4 is 20.1 Å². The predicted molar refractivity (Wildman–Crippen MR) is 119 cm³/mol. The van der Waals surface area contributed by atoms with Crippen molar-refractivity contribution in [3.8, 4) is 11.5 Å². The Morgan fingerprint density at radius 2 is 1.84 bits per heavy atom. The molecule has 1 unspecified atom stereocenters. The lowest BCUT2D eigenvalue weighted by Crippen LogP contribution is -2.45. The maximum Gasteiger partial charge on any atom is 0.238 e. The first-order valence-electron chi connectivity index (χ1n) is 10.8. The Hall–Kier alpha value is -3.39. The van der Waals surface area contributed by atoms with Crippen molar-refractivity contribution >= 4 is 23.3 Å². The summed E-state index contributed by atoms with van der Waals surface area (Å²) in [4.78, 5) is 39.3. The van der Waals surface area contributed by atoms with Gasteiger partial charge in [-0.25, -0.2) is 0 Å². The predicted octanol–water partition coefficient (Wildman–Crippen LogP) is 2.58. The van der Waals surface area contributed by atoms with Crippen LogP contribution in [0.4, 0.5) is 5.69 Å². The first-order chi connectivity index (χ1) is 15.5. The largest absolute Gasteiger partial charge is 0.454 e. The second-order valence-electron chi connectivity index (χ2n) is 8.13. The first-order valence-corrected chi connectivity index (χ1v) is 10.8. The van der Waals surface area contributed by atoms with Crippen molar-refractivity contribution < 1.29 is 23.9 Å². The Kier molecular flexibility index (Phi) is 6.70. The highest BCUT2D eigenvalue weighted by molar-refractivity contribution is 6.05. The van der Waals surface area contributed by atoms with Gasteiger partial charge in [-0.15, -0.1) is 0 Å². The van der Waals surface area contributed by atoms with E-state index < -0.39 is 0 Å². The summed E-state index contributed by atoms with van der Waals surface area (Å²) >= 11 is 0. The van der Waals surface area contributed by atoms with Gasteiger partial charge in [0.1, 0.15) is 0 Å². The van der Waals surface area contributed by atoms with Crippen LogP contribution in [0.2, 0.25) is 0 Å². The molecule has 2 aromatic carbocycles. The van der Waals surface area contributed by atoms with Crippen LogP contribution in [-0.4, -0.2) is 48.9 Å². The summed E-state index contributed by atoms with van der Waals surface area (Å²) in [6.45, 7) is 3.44. The molecule has 0 radical (unpaired) electrons. The second-order valence-corrected chi connectivity index (χ2v) is 8.13. The van der Waals surface area contributed by atoms with E-state index in [1.807, 2.05) is 35.2 Å². The van der Waals surface area contributed by atoms with Crippen LogP contribution in [0, 0.1) is 5.92 Å². The van der Waals surface area contributed by atoms with Crippen LogP contribution in [-0.2, 0) is 16.1 Å². The maximum absolute atomic E-state index is 12.7. The zero-order valence-electron chi connectivity index (χ0n) is 18.1. The third kappa shape index (κ3) is 5.26. The van der Waals surface area contributed by atoms with Crippen molar-refractivity contribution in [3.05, 3.63) is 53.6 Å². The number of carbonyl (C=O) groups excluding carboxylic acids is 3. The van der Waals surface area contributed by atoms with Crippen LogP contribution >= 0.6 is 0 Å². The molecule has 0 bridgehead atoms. The molecule has 2 N–H and O–H groups in total. The van der Waals surface area contributed by atoms with Gasteiger partial charge in [0.05, 0.1) is 18.2 Å². The number of piperidine rings is 1. The van der Waals surface area contributed by atoms with Crippen molar-refractivity contribution in [1.29, 1.82) is 0 Å². The smallest absolute Gasteiger partial charge is 0.238 e. The minimum Gasteiger partial charge on any atom is -0.454 e. The summed E-state index contributed by atoms with van der Waals surface area (Å²) in [5.74, 6) is 0.433. The lowest BCUT2D eigenvalue weighted by molar-refractivity contribution is -0.128. The van der Waals surface area contributed by atoms with E-state index in [4.69, 9.17) is 9.47 Å². The van der Waals surface area contributed by atoms with Gasteiger partial charge in [0.25, 0.3) is 0 Å². The molecule has 1 atom stereocenters. The van der Waals surface area contributed by atoms with E-state index in [0.29, 0.717) is 35.8 Å². The van der Waals surface area contributed by atoms with E-state index >= 15 is 0 Å². The molecular formula is C24H27N3O5. The van der Waals surface area contributed by atoms with E-state index in [1.165, 1.54) is 6.92 Å². The van der Waals surface area contributed by atoms with Crippen LogP contribution in [0.25, 0.3) is 0 Å². The van der Waals surface area contributed by atoms with Gasteiger partial charge in [0.15, 0.2) is 17.3 Å². The highest BCUT2D eigenvalue weighted by Crippen LogP contribution is 2.37. The molecule has 8 heteroatoms. The average molecular weight is 437 g/mol. The molecule has 4 rings (SSSR count). The molecule has 0 spiro atoms. The monoisotopic (exact) mass is 437 g/mol. The summed E-state index contributed by atoms with van der Waals surface area (Å²) in [6, 6.07) is 13.0. The molecule has 0 aromatic heterocycles. The highest BCUT2D eigenvalue weighted by atomic mass is 16.7. The Balaban J connectivity index is 1.33. The molecule has 32 heavy (non-hydrogen) atoms. The van der Waals surface area contributed by atoms with Crippen molar-refractivity contribution in [3.63, 3.8) is 0 Å². The number of hydrogen-bond donors (Lipinski definition) is 2. The Bertz CT molecular complexity index is 1010. The van der Waals surface area contributed by atoms with Gasteiger partial charge >= 0.3 is 0 Å². The summed E-state index contributed by atoms with van der Waals surface area (Å²) in [7, 11) is 0. The molecule has 2 heterocycles. The van der Waals surface area contributed by atoms with E-state index in [-0.39, 0.29) is 36.9 Å². The first kappa shape index (κ1) is 21.8. The van der Waals surface area contributed by atoms with Crippen molar-refractivity contribution in [2.24, 2.45) is 5.92 Å². The number of carbonyl (C=O) groups is 3. The minimum atomic E-state index is -0.239. The third-order valence-electron chi connectivity index (χ3n) is 5.72. The van der Waals surface area contributed by atoms with E-state index in [1.54, 1.807) is 12.1 Å². The third-order valence-corrected chi connectivity index (χ3v) is 5.72. The lowest BCUT2D eigenvalue weighted by atomic mass is 9.97. The van der Waals surface area contributed by atoms with Crippen LogP contribution in [0.15, 0.2) is 42.5 Å². The Morgan fingerprint density at radius 1 is 1.09 bits per heavy atom. The SMILES string of the molecule is CC(=O)c1cc2c(cc1NC(=O)CN1CCCC(C(=O)NCc3ccccc3)C1)OCO2. The number of amides is 2. The fourth-order valence-electron chi connectivity index (χ4n) is 4.07. The summed E-state index contributed by atoms with van der Waals surface area (Å²) < 4.78 is 10.7. The van der Waals surface area contributed by atoms with Crippen LogP contribution in [0.3, 0.4) is 0 Å². The number of anilines is 1. The number of benzene rings is 2. The van der Waals surface area contributed by atoms with Crippen molar-refractivity contribution in [2.45, 2.75) is 26.3 Å². The molecule has 1 saturated heterocycles. The van der Waals surface area contributed by atoms with Gasteiger partial charge in [0, 0.05) is 24.7 Å². The molecule has 0 aliphatic carbocycles. The van der Waals surface area contributed by atoms with Gasteiger partial charge in [-0.1, -0.05) is 30.3 Å². The summed E-state index contributed by atoms with van der Waals surface area (Å²) in [6.07, 6.45) is 1.65. The van der Waals surface area contributed by atoms with E-state index in [9.17, 15) is 14.4 Å². The quantitative estimate of drug-likeness (QED) is 0.647. The molecule has 2 aliphatic heterocycles. The average Bonchev–Trinajstić information content (AvgIpc) is 3.25. The molecule has 2 aromatic rings. The van der Waals surface area contributed by atoms with Gasteiger partial charge in [-0.2, -0.15) is 0 Å².